The zero-order valence-electron chi connectivity index (χ0n) is 13.3. The fraction of sp³-hybridized carbons (Fsp3) is 0.0435. The van der Waals surface area contributed by atoms with Gasteiger partial charge in [-0.05, 0) is 49.3 Å². The van der Waals surface area contributed by atoms with E-state index in [0.717, 1.165) is 14.7 Å². The number of benzene rings is 5. The highest BCUT2D eigenvalue weighted by atomic mass is 31.1. The van der Waals surface area contributed by atoms with Gasteiger partial charge >= 0.3 is 0 Å². The van der Waals surface area contributed by atoms with Gasteiger partial charge in [-0.15, -0.1) is 0 Å². The van der Waals surface area contributed by atoms with Gasteiger partial charge in [0.25, 0.3) is 0 Å². The smallest absolute Gasteiger partial charge is 0.00239 e. The molecule has 114 valence electrons. The van der Waals surface area contributed by atoms with E-state index >= 15 is 0 Å². The number of rotatable bonds is 3. The zero-order valence-corrected chi connectivity index (χ0v) is 14.3. The van der Waals surface area contributed by atoms with Gasteiger partial charge in [0.05, 0.1) is 0 Å². The molecule has 1 heteroatoms. The zero-order chi connectivity index (χ0) is 15.9. The van der Waals surface area contributed by atoms with Crippen molar-refractivity contribution in [2.45, 2.75) is 6.16 Å². The first kappa shape index (κ1) is 14.0. The summed E-state index contributed by atoms with van der Waals surface area (Å²) >= 11 is 0. The lowest BCUT2D eigenvalue weighted by molar-refractivity contribution is 1.47. The lowest BCUT2D eigenvalue weighted by atomic mass is 9.92. The van der Waals surface area contributed by atoms with E-state index in [2.05, 4.69) is 84.9 Å². The van der Waals surface area contributed by atoms with Crippen molar-refractivity contribution in [3.63, 3.8) is 0 Å². The van der Waals surface area contributed by atoms with Gasteiger partial charge in [-0.3, -0.25) is 0 Å². The van der Waals surface area contributed by atoms with Crippen molar-refractivity contribution >= 4 is 46.2 Å². The fourth-order valence-corrected chi connectivity index (χ4v) is 4.83. The molecule has 0 aliphatic carbocycles. The second kappa shape index (κ2) is 5.58. The van der Waals surface area contributed by atoms with Crippen LogP contribution in [0.25, 0.3) is 32.3 Å². The molecular formula is C23H17P. The van der Waals surface area contributed by atoms with Crippen LogP contribution in [0.2, 0.25) is 0 Å². The lowest BCUT2D eigenvalue weighted by Gasteiger charge is -2.14. The van der Waals surface area contributed by atoms with Gasteiger partial charge in [0.15, 0.2) is 0 Å². The standard InChI is InChI=1S/C23H17P/c1-2-7-20(8-3-1)24-15-19-12-11-18-10-9-16-5-4-6-17-13-14-21(19)23(18)22(16)17/h1-14,24H,15H2. The van der Waals surface area contributed by atoms with Crippen molar-refractivity contribution < 1.29 is 0 Å². The molecule has 0 amide bonds. The van der Waals surface area contributed by atoms with Crippen LogP contribution in [0.4, 0.5) is 0 Å². The minimum Gasteiger partial charge on any atom is -0.0859 e. The summed E-state index contributed by atoms with van der Waals surface area (Å²) in [5.74, 6) is 0. The summed E-state index contributed by atoms with van der Waals surface area (Å²) in [7, 11) is 0.816. The van der Waals surface area contributed by atoms with Gasteiger partial charge < -0.3 is 0 Å². The second-order valence-electron chi connectivity index (χ2n) is 6.30. The maximum atomic E-state index is 2.32. The van der Waals surface area contributed by atoms with Crippen LogP contribution in [0.5, 0.6) is 0 Å². The molecular weight excluding hydrogens is 307 g/mol. The highest BCUT2D eigenvalue weighted by Gasteiger charge is 2.10. The quantitative estimate of drug-likeness (QED) is 0.278. The van der Waals surface area contributed by atoms with Gasteiger partial charge in [0.2, 0.25) is 0 Å². The highest BCUT2D eigenvalue weighted by molar-refractivity contribution is 7.46. The van der Waals surface area contributed by atoms with Crippen LogP contribution in [0.1, 0.15) is 5.56 Å². The van der Waals surface area contributed by atoms with Crippen molar-refractivity contribution in [2.75, 3.05) is 0 Å². The Labute approximate surface area is 143 Å². The molecule has 0 bridgehead atoms. The Bertz CT molecular complexity index is 1130. The first-order chi connectivity index (χ1) is 11.9. The molecule has 5 aromatic rings. The molecule has 1 unspecified atom stereocenters. The largest absolute Gasteiger partial charge is 0.0859 e. The van der Waals surface area contributed by atoms with E-state index in [4.69, 9.17) is 0 Å². The minimum atomic E-state index is 0.816. The Morgan fingerprint density at radius 1 is 0.542 bits per heavy atom. The molecule has 0 aromatic heterocycles. The maximum Gasteiger partial charge on any atom is -0.00239 e. The normalized spacial score (nSPS) is 12.2. The van der Waals surface area contributed by atoms with Crippen LogP contribution >= 0.6 is 8.58 Å². The molecule has 0 radical (unpaired) electrons. The van der Waals surface area contributed by atoms with Crippen LogP contribution in [-0.2, 0) is 6.16 Å². The van der Waals surface area contributed by atoms with Crippen molar-refractivity contribution in [1.82, 2.24) is 0 Å². The minimum absolute atomic E-state index is 0.816. The molecule has 5 rings (SSSR count). The molecule has 0 aliphatic heterocycles. The first-order valence-corrected chi connectivity index (χ1v) is 9.55. The summed E-state index contributed by atoms with van der Waals surface area (Å²) in [6.45, 7) is 0. The van der Waals surface area contributed by atoms with Crippen LogP contribution in [0.15, 0.2) is 84.9 Å². The molecule has 0 N–H and O–H groups in total. The fourth-order valence-electron chi connectivity index (χ4n) is 3.70. The summed E-state index contributed by atoms with van der Waals surface area (Å²) in [6.07, 6.45) is 1.11. The third kappa shape index (κ3) is 2.19. The maximum absolute atomic E-state index is 2.32. The average Bonchev–Trinajstić information content (AvgIpc) is 2.66. The van der Waals surface area contributed by atoms with E-state index in [1.807, 2.05) is 0 Å². The SMILES string of the molecule is c1ccc(PCc2ccc3ccc4cccc5ccc2c3c45)cc1. The summed E-state index contributed by atoms with van der Waals surface area (Å²) < 4.78 is 0. The Morgan fingerprint density at radius 3 is 2.00 bits per heavy atom. The summed E-state index contributed by atoms with van der Waals surface area (Å²) in [6, 6.07) is 31.1. The van der Waals surface area contributed by atoms with E-state index in [1.54, 1.807) is 0 Å². The highest BCUT2D eigenvalue weighted by Crippen LogP contribution is 2.37. The molecule has 0 saturated carbocycles. The third-order valence-electron chi connectivity index (χ3n) is 4.88. The van der Waals surface area contributed by atoms with E-state index in [9.17, 15) is 0 Å². The predicted octanol–water partition coefficient (Wildman–Crippen LogP) is 6.09. The molecule has 1 atom stereocenters. The van der Waals surface area contributed by atoms with Crippen LogP contribution < -0.4 is 5.30 Å². The molecule has 5 aromatic carbocycles. The van der Waals surface area contributed by atoms with E-state index in [1.165, 1.54) is 43.2 Å². The molecule has 24 heavy (non-hydrogen) atoms. The average molecular weight is 324 g/mol. The molecule has 0 fully saturated rings. The Morgan fingerprint density at radius 2 is 1.21 bits per heavy atom. The van der Waals surface area contributed by atoms with Crippen molar-refractivity contribution in [3.05, 3.63) is 90.5 Å². The summed E-state index contributed by atoms with van der Waals surface area (Å²) in [4.78, 5) is 0. The van der Waals surface area contributed by atoms with Crippen molar-refractivity contribution in [3.8, 4) is 0 Å². The lowest BCUT2D eigenvalue weighted by Crippen LogP contribution is -1.94. The predicted molar refractivity (Wildman–Crippen MR) is 108 cm³/mol. The summed E-state index contributed by atoms with van der Waals surface area (Å²) in [5, 5.41) is 9.73. The van der Waals surface area contributed by atoms with Gasteiger partial charge in [0, 0.05) is 0 Å². The van der Waals surface area contributed by atoms with Crippen molar-refractivity contribution in [2.24, 2.45) is 0 Å². The Balaban J connectivity index is 1.69. The topological polar surface area (TPSA) is 0 Å². The van der Waals surface area contributed by atoms with Crippen LogP contribution in [0.3, 0.4) is 0 Å². The van der Waals surface area contributed by atoms with Gasteiger partial charge in [0.1, 0.15) is 0 Å². The monoisotopic (exact) mass is 324 g/mol. The first-order valence-electron chi connectivity index (χ1n) is 8.34. The Hall–Kier alpha value is -2.43. The van der Waals surface area contributed by atoms with E-state index in [-0.39, 0.29) is 0 Å². The van der Waals surface area contributed by atoms with E-state index < -0.39 is 0 Å². The second-order valence-corrected chi connectivity index (χ2v) is 7.58. The molecule has 0 aliphatic rings. The molecule has 0 nitrogen and oxygen atoms in total. The van der Waals surface area contributed by atoms with Crippen LogP contribution in [0, 0.1) is 0 Å². The molecule has 0 spiro atoms. The van der Waals surface area contributed by atoms with Gasteiger partial charge in [-0.2, -0.15) is 0 Å². The molecule has 0 saturated heterocycles. The van der Waals surface area contributed by atoms with E-state index in [0.29, 0.717) is 0 Å². The van der Waals surface area contributed by atoms with Crippen molar-refractivity contribution in [1.29, 1.82) is 0 Å². The summed E-state index contributed by atoms with van der Waals surface area (Å²) in [5.41, 5.74) is 1.46. The number of hydrogen-bond acceptors (Lipinski definition) is 0. The third-order valence-corrected chi connectivity index (χ3v) is 6.17. The van der Waals surface area contributed by atoms with Gasteiger partial charge in [-0.1, -0.05) is 93.5 Å². The number of hydrogen-bond donors (Lipinski definition) is 0. The molecule has 0 heterocycles. The van der Waals surface area contributed by atoms with Gasteiger partial charge in [-0.25, -0.2) is 0 Å². The Kier molecular flexibility index (Phi) is 3.25. The van der Waals surface area contributed by atoms with Crippen LogP contribution in [-0.4, -0.2) is 0 Å².